The molecule has 0 radical (unpaired) electrons. The van der Waals surface area contributed by atoms with Crippen molar-refractivity contribution in [2.75, 3.05) is 6.54 Å². The van der Waals surface area contributed by atoms with E-state index in [9.17, 15) is 0 Å². The van der Waals surface area contributed by atoms with Gasteiger partial charge in [0.15, 0.2) is 0 Å². The molecule has 1 aromatic heterocycles. The Labute approximate surface area is 82.9 Å². The number of hydrogen-bond acceptors (Lipinski definition) is 3. The van der Waals surface area contributed by atoms with Crippen LogP contribution in [0.15, 0.2) is 31.2 Å². The average Bonchev–Trinajstić information content (AvgIpc) is 2.16. The van der Waals surface area contributed by atoms with Crippen molar-refractivity contribution in [2.24, 2.45) is 0 Å². The molecular formula is C9H11N3S. The van der Waals surface area contributed by atoms with Gasteiger partial charge in [-0.2, -0.15) is 0 Å². The van der Waals surface area contributed by atoms with E-state index in [1.807, 2.05) is 0 Å². The smallest absolute Gasteiger partial charge is 0.0816 e. The number of rotatable bonds is 4. The molecule has 1 rings (SSSR count). The quantitative estimate of drug-likeness (QED) is 0.574. The van der Waals surface area contributed by atoms with Crippen molar-refractivity contribution in [3.05, 3.63) is 36.9 Å². The molecule has 0 saturated carbocycles. The second kappa shape index (κ2) is 5.37. The molecule has 0 fully saturated rings. The van der Waals surface area contributed by atoms with Crippen molar-refractivity contribution < 1.29 is 0 Å². The first-order valence-corrected chi connectivity index (χ1v) is 4.36. The van der Waals surface area contributed by atoms with Gasteiger partial charge in [-0.25, -0.2) is 0 Å². The van der Waals surface area contributed by atoms with Gasteiger partial charge in [0.25, 0.3) is 0 Å². The molecule has 0 spiro atoms. The summed E-state index contributed by atoms with van der Waals surface area (Å²) < 4.78 is 0. The molecule has 4 heteroatoms. The fraction of sp³-hybridized carbons (Fsp3) is 0.222. The fourth-order valence-corrected chi connectivity index (χ4v) is 1.07. The molecule has 1 N–H and O–H groups in total. The Morgan fingerprint density at radius 2 is 2.46 bits per heavy atom. The van der Waals surface area contributed by atoms with E-state index in [1.54, 1.807) is 24.7 Å². The van der Waals surface area contributed by atoms with Crippen LogP contribution in [0, 0.1) is 0 Å². The van der Waals surface area contributed by atoms with Crippen LogP contribution in [-0.2, 0) is 6.42 Å². The average molecular weight is 193 g/mol. The van der Waals surface area contributed by atoms with E-state index in [1.165, 1.54) is 0 Å². The van der Waals surface area contributed by atoms with E-state index >= 15 is 0 Å². The zero-order valence-electron chi connectivity index (χ0n) is 7.23. The van der Waals surface area contributed by atoms with Gasteiger partial charge in [-0.1, -0.05) is 18.3 Å². The lowest BCUT2D eigenvalue weighted by Gasteiger charge is -2.03. The molecule has 0 aliphatic heterocycles. The molecule has 1 heterocycles. The normalized spacial score (nSPS) is 9.23. The lowest BCUT2D eigenvalue weighted by atomic mass is 10.3. The van der Waals surface area contributed by atoms with Crippen LogP contribution in [0.3, 0.4) is 0 Å². The third kappa shape index (κ3) is 3.75. The monoisotopic (exact) mass is 193 g/mol. The first-order chi connectivity index (χ1) is 6.33. The highest BCUT2D eigenvalue weighted by Crippen LogP contribution is 1.92. The lowest BCUT2D eigenvalue weighted by molar-refractivity contribution is 1.00. The number of thiocarbonyl (C=S) groups is 1. The maximum absolute atomic E-state index is 5.07. The van der Waals surface area contributed by atoms with Gasteiger partial charge in [0.1, 0.15) is 0 Å². The third-order valence-electron chi connectivity index (χ3n) is 1.40. The maximum Gasteiger partial charge on any atom is 0.0816 e. The molecular weight excluding hydrogens is 182 g/mol. The summed E-state index contributed by atoms with van der Waals surface area (Å²) in [6, 6.07) is 0. The van der Waals surface area contributed by atoms with Gasteiger partial charge < -0.3 is 5.32 Å². The summed E-state index contributed by atoms with van der Waals surface area (Å²) in [5.74, 6) is 0. The van der Waals surface area contributed by atoms with Gasteiger partial charge in [0.2, 0.25) is 0 Å². The maximum atomic E-state index is 5.07. The third-order valence-corrected chi connectivity index (χ3v) is 1.69. The van der Waals surface area contributed by atoms with Gasteiger partial charge in [0.05, 0.1) is 10.7 Å². The molecule has 0 amide bonds. The molecule has 0 atom stereocenters. The summed E-state index contributed by atoms with van der Waals surface area (Å²) in [5.41, 5.74) is 0.879. The van der Waals surface area contributed by atoms with Crippen LogP contribution in [0.4, 0.5) is 0 Å². The van der Waals surface area contributed by atoms with Gasteiger partial charge in [-0.15, -0.1) is 6.58 Å². The Morgan fingerprint density at radius 1 is 1.62 bits per heavy atom. The molecule has 0 aliphatic rings. The summed E-state index contributed by atoms with van der Waals surface area (Å²) >= 11 is 5.07. The van der Waals surface area contributed by atoms with Gasteiger partial charge in [-0.05, 0) is 0 Å². The minimum absolute atomic E-state index is 0.636. The topological polar surface area (TPSA) is 37.8 Å². The van der Waals surface area contributed by atoms with E-state index in [0.29, 0.717) is 13.0 Å². The molecule has 13 heavy (non-hydrogen) atoms. The number of aromatic nitrogens is 2. The highest BCUT2D eigenvalue weighted by molar-refractivity contribution is 7.80. The van der Waals surface area contributed by atoms with Crippen LogP contribution >= 0.6 is 12.2 Å². The summed E-state index contributed by atoms with van der Waals surface area (Å²) in [6.45, 7) is 4.28. The first kappa shape index (κ1) is 9.80. The Morgan fingerprint density at radius 3 is 3.08 bits per heavy atom. The van der Waals surface area contributed by atoms with E-state index in [4.69, 9.17) is 12.2 Å². The van der Waals surface area contributed by atoms with Crippen LogP contribution in [0.1, 0.15) is 5.69 Å². The van der Waals surface area contributed by atoms with Crippen LogP contribution in [0.5, 0.6) is 0 Å². The minimum Gasteiger partial charge on any atom is -0.376 e. The second-order valence-electron chi connectivity index (χ2n) is 2.47. The van der Waals surface area contributed by atoms with Crippen molar-refractivity contribution in [1.82, 2.24) is 15.3 Å². The Hall–Kier alpha value is -1.29. The molecule has 68 valence electrons. The van der Waals surface area contributed by atoms with Crippen molar-refractivity contribution in [3.8, 4) is 0 Å². The van der Waals surface area contributed by atoms with Crippen LogP contribution in [0.2, 0.25) is 0 Å². The molecule has 1 aromatic rings. The van der Waals surface area contributed by atoms with Gasteiger partial charge in [-0.3, -0.25) is 9.97 Å². The fourth-order valence-electron chi connectivity index (χ4n) is 0.834. The molecule has 0 saturated heterocycles. The number of nitrogens with zero attached hydrogens (tertiary/aromatic N) is 2. The summed E-state index contributed by atoms with van der Waals surface area (Å²) in [7, 11) is 0. The SMILES string of the molecule is C=CCNC(=S)Cc1cnccn1. The van der Waals surface area contributed by atoms with Crippen LogP contribution in [0.25, 0.3) is 0 Å². The summed E-state index contributed by atoms with van der Waals surface area (Å²) in [4.78, 5) is 8.82. The van der Waals surface area contributed by atoms with Crippen molar-refractivity contribution in [1.29, 1.82) is 0 Å². The van der Waals surface area contributed by atoms with Crippen LogP contribution in [-0.4, -0.2) is 21.5 Å². The number of hydrogen-bond donors (Lipinski definition) is 1. The van der Waals surface area contributed by atoms with E-state index < -0.39 is 0 Å². The molecule has 0 aliphatic carbocycles. The molecule has 0 unspecified atom stereocenters. The van der Waals surface area contributed by atoms with Crippen molar-refractivity contribution in [2.45, 2.75) is 6.42 Å². The summed E-state index contributed by atoms with van der Waals surface area (Å²) in [5, 5.41) is 3.03. The lowest BCUT2D eigenvalue weighted by Crippen LogP contribution is -2.23. The highest BCUT2D eigenvalue weighted by atomic mass is 32.1. The zero-order chi connectivity index (χ0) is 9.52. The molecule has 0 bridgehead atoms. The van der Waals surface area contributed by atoms with Crippen molar-refractivity contribution in [3.63, 3.8) is 0 Å². The Kier molecular flexibility index (Phi) is 4.05. The zero-order valence-corrected chi connectivity index (χ0v) is 8.05. The predicted octanol–water partition coefficient (Wildman–Crippen LogP) is 1.12. The molecule has 3 nitrogen and oxygen atoms in total. The number of nitrogens with one attached hydrogen (secondary N) is 1. The molecule has 0 aromatic carbocycles. The Balaban J connectivity index is 2.41. The second-order valence-corrected chi connectivity index (χ2v) is 2.96. The van der Waals surface area contributed by atoms with E-state index in [2.05, 4.69) is 21.9 Å². The first-order valence-electron chi connectivity index (χ1n) is 3.95. The standard InChI is InChI=1S/C9H11N3S/c1-2-3-12-9(13)6-8-7-10-4-5-11-8/h2,4-5,7H,1,3,6H2,(H,12,13). The van der Waals surface area contributed by atoms with Crippen molar-refractivity contribution >= 4 is 17.2 Å². The van der Waals surface area contributed by atoms with Gasteiger partial charge in [0, 0.05) is 31.6 Å². The largest absolute Gasteiger partial charge is 0.376 e. The predicted molar refractivity (Wildman–Crippen MR) is 56.5 cm³/mol. The van der Waals surface area contributed by atoms with E-state index in [0.717, 1.165) is 10.7 Å². The highest BCUT2D eigenvalue weighted by Gasteiger charge is 1.97. The minimum atomic E-state index is 0.636. The Bertz CT molecular complexity index is 284. The summed E-state index contributed by atoms with van der Waals surface area (Å²) in [6.07, 6.45) is 7.41. The van der Waals surface area contributed by atoms with Crippen LogP contribution < -0.4 is 5.32 Å². The van der Waals surface area contributed by atoms with E-state index in [-0.39, 0.29) is 0 Å². The van der Waals surface area contributed by atoms with Gasteiger partial charge >= 0.3 is 0 Å².